The van der Waals surface area contributed by atoms with Crippen LogP contribution in [0.15, 0.2) is 17.5 Å². The summed E-state index contributed by atoms with van der Waals surface area (Å²) in [5.74, 6) is -1.21. The maximum absolute atomic E-state index is 12.4. The number of carbonyl (C=O) groups is 3. The van der Waals surface area contributed by atoms with Crippen LogP contribution >= 0.6 is 11.3 Å². The molecule has 1 N–H and O–H groups in total. The number of carbonyl (C=O) groups excluding carboxylic acids is 3. The molecule has 2 heterocycles. The minimum absolute atomic E-state index is 0.0214. The number of hydrogen-bond donors (Lipinski definition) is 1. The summed E-state index contributed by atoms with van der Waals surface area (Å²) >= 11 is 1.19. The molecule has 2 aromatic rings. The van der Waals surface area contributed by atoms with Crippen molar-refractivity contribution in [1.82, 2.24) is 4.57 Å². The number of nitrogens with zero attached hydrogens (tertiary/aromatic N) is 1. The number of hydrogen-bond acceptors (Lipinski definition) is 6. The number of esters is 2. The summed E-state index contributed by atoms with van der Waals surface area (Å²) in [5, 5.41) is 4.41. The van der Waals surface area contributed by atoms with E-state index < -0.39 is 11.9 Å². The van der Waals surface area contributed by atoms with Crippen LogP contribution in [0.25, 0.3) is 0 Å². The second-order valence-corrected chi connectivity index (χ2v) is 6.21. The van der Waals surface area contributed by atoms with Crippen LogP contribution in [0, 0.1) is 13.8 Å². The van der Waals surface area contributed by atoms with Crippen molar-refractivity contribution < 1.29 is 23.9 Å². The third-order valence-electron chi connectivity index (χ3n) is 3.68. The summed E-state index contributed by atoms with van der Waals surface area (Å²) in [5.41, 5.74) is 2.28. The molecule has 0 aliphatic heterocycles. The minimum Gasteiger partial charge on any atom is -0.465 e. The number of ether oxygens (including phenoxy) is 2. The van der Waals surface area contributed by atoms with Crippen molar-refractivity contribution in [1.29, 1.82) is 0 Å². The molecular weight excluding hydrogens is 344 g/mol. The number of nitrogens with one attached hydrogen (secondary N) is 1. The first-order chi connectivity index (χ1) is 11.9. The van der Waals surface area contributed by atoms with Gasteiger partial charge in [-0.2, -0.15) is 0 Å². The quantitative estimate of drug-likeness (QED) is 0.797. The molecule has 0 aliphatic rings. The number of aromatic nitrogens is 1. The minimum atomic E-state index is -0.497. The molecule has 134 valence electrons. The molecule has 0 unspecified atom stereocenters. The number of methoxy groups -OCH3 is 1. The van der Waals surface area contributed by atoms with Gasteiger partial charge in [-0.25, -0.2) is 9.59 Å². The van der Waals surface area contributed by atoms with E-state index in [4.69, 9.17) is 4.74 Å². The number of amides is 1. The molecule has 0 spiro atoms. The molecule has 8 heteroatoms. The van der Waals surface area contributed by atoms with Crippen molar-refractivity contribution in [2.75, 3.05) is 19.0 Å². The standard InChI is InChI=1S/C17H20N2O5S/c1-5-24-16(21)12-8-10(2)19(11(12)3)9-14(20)18-13-6-7-25-15(13)17(22)23-4/h6-8H,5,9H2,1-4H3,(H,18,20). The van der Waals surface area contributed by atoms with Crippen molar-refractivity contribution in [3.05, 3.63) is 39.3 Å². The molecule has 0 radical (unpaired) electrons. The summed E-state index contributed by atoms with van der Waals surface area (Å²) < 4.78 is 11.4. The highest BCUT2D eigenvalue weighted by Gasteiger charge is 2.20. The summed E-state index contributed by atoms with van der Waals surface area (Å²) in [6.07, 6.45) is 0. The second kappa shape index (κ2) is 7.98. The van der Waals surface area contributed by atoms with Crippen LogP contribution in [0.4, 0.5) is 5.69 Å². The van der Waals surface area contributed by atoms with E-state index in [9.17, 15) is 14.4 Å². The van der Waals surface area contributed by atoms with Gasteiger partial charge in [-0.05, 0) is 38.3 Å². The van der Waals surface area contributed by atoms with E-state index in [1.807, 2.05) is 6.92 Å². The Kier molecular flexibility index (Phi) is 5.97. The van der Waals surface area contributed by atoms with Gasteiger partial charge in [0.1, 0.15) is 11.4 Å². The van der Waals surface area contributed by atoms with Gasteiger partial charge in [0.05, 0.1) is 25.0 Å². The fraction of sp³-hybridized carbons (Fsp3) is 0.353. The highest BCUT2D eigenvalue weighted by molar-refractivity contribution is 7.12. The molecule has 2 rings (SSSR count). The van der Waals surface area contributed by atoms with Gasteiger partial charge in [0.2, 0.25) is 5.91 Å². The van der Waals surface area contributed by atoms with E-state index in [0.717, 1.165) is 5.69 Å². The monoisotopic (exact) mass is 364 g/mol. The van der Waals surface area contributed by atoms with Gasteiger partial charge in [-0.3, -0.25) is 4.79 Å². The van der Waals surface area contributed by atoms with Crippen molar-refractivity contribution in [2.24, 2.45) is 0 Å². The van der Waals surface area contributed by atoms with Crippen LogP contribution in [0.3, 0.4) is 0 Å². The van der Waals surface area contributed by atoms with E-state index in [2.05, 4.69) is 10.1 Å². The molecule has 2 aromatic heterocycles. The van der Waals surface area contributed by atoms with Crippen molar-refractivity contribution in [3.8, 4) is 0 Å². The molecule has 0 saturated heterocycles. The van der Waals surface area contributed by atoms with Gasteiger partial charge in [0, 0.05) is 11.4 Å². The lowest BCUT2D eigenvalue weighted by molar-refractivity contribution is -0.116. The SMILES string of the molecule is CCOC(=O)c1cc(C)n(CC(=O)Nc2ccsc2C(=O)OC)c1C. The topological polar surface area (TPSA) is 86.6 Å². The maximum atomic E-state index is 12.4. The predicted octanol–water partition coefficient (Wildman–Crippen LogP) is 2.77. The van der Waals surface area contributed by atoms with Crippen LogP contribution in [0.2, 0.25) is 0 Å². The molecule has 7 nitrogen and oxygen atoms in total. The van der Waals surface area contributed by atoms with Crippen molar-refractivity contribution in [2.45, 2.75) is 27.3 Å². The Morgan fingerprint density at radius 2 is 1.96 bits per heavy atom. The van der Waals surface area contributed by atoms with Gasteiger partial charge in [-0.1, -0.05) is 0 Å². The van der Waals surface area contributed by atoms with Crippen LogP contribution in [0.1, 0.15) is 38.3 Å². The second-order valence-electron chi connectivity index (χ2n) is 5.29. The lowest BCUT2D eigenvalue weighted by atomic mass is 10.2. The molecule has 0 aliphatic carbocycles. The average molecular weight is 364 g/mol. The molecule has 1 amide bonds. The van der Waals surface area contributed by atoms with E-state index >= 15 is 0 Å². The fourth-order valence-electron chi connectivity index (χ4n) is 2.45. The Labute approximate surface area is 149 Å². The number of aryl methyl sites for hydroxylation is 1. The van der Waals surface area contributed by atoms with Gasteiger partial charge < -0.3 is 19.4 Å². The van der Waals surface area contributed by atoms with E-state index in [1.165, 1.54) is 18.4 Å². The molecule has 0 fully saturated rings. The van der Waals surface area contributed by atoms with Gasteiger partial charge in [0.25, 0.3) is 0 Å². The molecular formula is C17H20N2O5S. The molecule has 25 heavy (non-hydrogen) atoms. The Morgan fingerprint density at radius 1 is 1.24 bits per heavy atom. The third-order valence-corrected chi connectivity index (χ3v) is 4.58. The maximum Gasteiger partial charge on any atom is 0.350 e. The summed E-state index contributed by atoms with van der Waals surface area (Å²) in [4.78, 5) is 36.3. The summed E-state index contributed by atoms with van der Waals surface area (Å²) in [6, 6.07) is 3.35. The number of anilines is 1. The zero-order valence-corrected chi connectivity index (χ0v) is 15.4. The van der Waals surface area contributed by atoms with Gasteiger partial charge in [-0.15, -0.1) is 11.3 Å². The fourth-order valence-corrected chi connectivity index (χ4v) is 3.22. The molecule has 0 saturated carbocycles. The highest BCUT2D eigenvalue weighted by atomic mass is 32.1. The molecule has 0 aromatic carbocycles. The van der Waals surface area contributed by atoms with Crippen LogP contribution in [-0.4, -0.2) is 36.1 Å². The Balaban J connectivity index is 2.15. The first-order valence-electron chi connectivity index (χ1n) is 7.68. The van der Waals surface area contributed by atoms with E-state index in [-0.39, 0.29) is 19.1 Å². The number of rotatable bonds is 6. The molecule has 0 atom stereocenters. The Hall–Kier alpha value is -2.61. The van der Waals surface area contributed by atoms with Crippen LogP contribution in [-0.2, 0) is 20.8 Å². The van der Waals surface area contributed by atoms with Gasteiger partial charge >= 0.3 is 11.9 Å². The predicted molar refractivity (Wildman–Crippen MR) is 94.2 cm³/mol. The van der Waals surface area contributed by atoms with Crippen molar-refractivity contribution >= 4 is 34.9 Å². The summed E-state index contributed by atoms with van der Waals surface area (Å²) in [6.45, 7) is 5.62. The van der Waals surface area contributed by atoms with E-state index in [0.29, 0.717) is 21.8 Å². The Bertz CT molecular complexity index is 806. The van der Waals surface area contributed by atoms with Crippen molar-refractivity contribution in [3.63, 3.8) is 0 Å². The lowest BCUT2D eigenvalue weighted by Gasteiger charge is -2.10. The van der Waals surface area contributed by atoms with Crippen LogP contribution < -0.4 is 5.32 Å². The Morgan fingerprint density at radius 3 is 2.60 bits per heavy atom. The first-order valence-corrected chi connectivity index (χ1v) is 8.56. The smallest absolute Gasteiger partial charge is 0.350 e. The van der Waals surface area contributed by atoms with E-state index in [1.54, 1.807) is 35.9 Å². The van der Waals surface area contributed by atoms with Gasteiger partial charge in [0.15, 0.2) is 0 Å². The number of thiophene rings is 1. The first kappa shape index (κ1) is 18.7. The zero-order valence-electron chi connectivity index (χ0n) is 14.5. The normalized spacial score (nSPS) is 10.4. The zero-order chi connectivity index (χ0) is 18.6. The average Bonchev–Trinajstić information content (AvgIpc) is 3.14. The van der Waals surface area contributed by atoms with Crippen LogP contribution in [0.5, 0.6) is 0 Å². The largest absolute Gasteiger partial charge is 0.465 e. The highest BCUT2D eigenvalue weighted by Crippen LogP contribution is 2.23. The summed E-state index contributed by atoms with van der Waals surface area (Å²) in [7, 11) is 1.29. The third kappa shape index (κ3) is 4.08. The lowest BCUT2D eigenvalue weighted by Crippen LogP contribution is -2.21. The molecule has 0 bridgehead atoms.